The van der Waals surface area contributed by atoms with Crippen molar-refractivity contribution in [2.24, 2.45) is 0 Å². The maximum atomic E-state index is 11.2. The van der Waals surface area contributed by atoms with Gasteiger partial charge in [-0.25, -0.2) is 4.79 Å². The second kappa shape index (κ2) is 5.23. The van der Waals surface area contributed by atoms with E-state index in [9.17, 15) is 4.79 Å². The van der Waals surface area contributed by atoms with Gasteiger partial charge in [0.1, 0.15) is 17.5 Å². The Hall–Kier alpha value is -2.90. The van der Waals surface area contributed by atoms with E-state index >= 15 is 0 Å². The van der Waals surface area contributed by atoms with Gasteiger partial charge in [0.05, 0.1) is 6.61 Å². The van der Waals surface area contributed by atoms with Crippen LogP contribution in [0.1, 0.15) is 18.5 Å². The number of allylic oxidation sites excluding steroid dienone is 1. The molecular weight excluding hydrogens is 274 g/mol. The molecule has 1 aromatic heterocycles. The Morgan fingerprint density at radius 3 is 2.86 bits per heavy atom. The summed E-state index contributed by atoms with van der Waals surface area (Å²) in [6.07, 6.45) is 1.57. The summed E-state index contributed by atoms with van der Waals surface area (Å²) in [5, 5.41) is 23.1. The highest BCUT2D eigenvalue weighted by molar-refractivity contribution is 5.90. The molecule has 1 atom stereocenters. The van der Waals surface area contributed by atoms with Gasteiger partial charge in [-0.3, -0.25) is 0 Å². The number of benzene rings is 1. The van der Waals surface area contributed by atoms with Crippen molar-refractivity contribution in [2.45, 2.75) is 13.0 Å². The second-order valence-corrected chi connectivity index (χ2v) is 4.40. The Balaban J connectivity index is 1.98. The molecule has 3 rings (SSSR count). The number of nitrogens with one attached hydrogen (secondary N) is 1. The third-order valence-corrected chi connectivity index (χ3v) is 3.09. The minimum Gasteiger partial charge on any atom is -0.494 e. The monoisotopic (exact) mass is 287 g/mol. The Kier molecular flexibility index (Phi) is 3.27. The summed E-state index contributed by atoms with van der Waals surface area (Å²) in [5.41, 5.74) is 0.920. The van der Waals surface area contributed by atoms with Crippen molar-refractivity contribution in [3.63, 3.8) is 0 Å². The SMILES string of the molecule is CCOc1ccc([C@H]2C=C(C(=O)O)Nc3nnnn32)cc1. The highest BCUT2D eigenvalue weighted by Crippen LogP contribution is 2.28. The van der Waals surface area contributed by atoms with Gasteiger partial charge in [-0.15, -0.1) is 0 Å². The quantitative estimate of drug-likeness (QED) is 0.866. The molecule has 2 heterocycles. The van der Waals surface area contributed by atoms with E-state index in [1.54, 1.807) is 6.08 Å². The molecule has 1 aliphatic rings. The van der Waals surface area contributed by atoms with E-state index in [-0.39, 0.29) is 11.7 Å². The Bertz CT molecular complexity index is 692. The number of tetrazole rings is 1. The van der Waals surface area contributed by atoms with Crippen LogP contribution in [0.5, 0.6) is 5.75 Å². The van der Waals surface area contributed by atoms with Gasteiger partial charge in [0.15, 0.2) is 0 Å². The summed E-state index contributed by atoms with van der Waals surface area (Å²) in [6.45, 7) is 2.50. The molecular formula is C13H13N5O3. The lowest BCUT2D eigenvalue weighted by Crippen LogP contribution is -2.24. The van der Waals surface area contributed by atoms with Crippen LogP contribution in [-0.4, -0.2) is 37.9 Å². The van der Waals surface area contributed by atoms with Gasteiger partial charge in [-0.2, -0.15) is 4.68 Å². The minimum atomic E-state index is -1.06. The first-order valence-electron chi connectivity index (χ1n) is 6.42. The zero-order valence-electron chi connectivity index (χ0n) is 11.2. The van der Waals surface area contributed by atoms with E-state index < -0.39 is 5.97 Å². The third kappa shape index (κ3) is 2.42. The normalized spacial score (nSPS) is 16.6. The second-order valence-electron chi connectivity index (χ2n) is 4.40. The zero-order valence-corrected chi connectivity index (χ0v) is 11.2. The summed E-state index contributed by atoms with van der Waals surface area (Å²) in [4.78, 5) is 11.2. The Morgan fingerprint density at radius 1 is 1.43 bits per heavy atom. The van der Waals surface area contributed by atoms with E-state index in [1.165, 1.54) is 4.68 Å². The molecule has 8 heteroatoms. The lowest BCUT2D eigenvalue weighted by Gasteiger charge is -2.21. The summed E-state index contributed by atoms with van der Waals surface area (Å²) < 4.78 is 6.92. The lowest BCUT2D eigenvalue weighted by atomic mass is 10.0. The molecule has 0 aliphatic carbocycles. The molecule has 2 aromatic rings. The van der Waals surface area contributed by atoms with Crippen LogP contribution in [0.15, 0.2) is 36.0 Å². The van der Waals surface area contributed by atoms with E-state index in [0.29, 0.717) is 12.6 Å². The van der Waals surface area contributed by atoms with Crippen LogP contribution >= 0.6 is 0 Å². The summed E-state index contributed by atoms with van der Waals surface area (Å²) in [5.74, 6) is 0.00327. The van der Waals surface area contributed by atoms with Gasteiger partial charge in [-0.1, -0.05) is 17.2 Å². The Labute approximate surface area is 120 Å². The molecule has 0 unspecified atom stereocenters. The van der Waals surface area contributed by atoms with E-state index in [4.69, 9.17) is 9.84 Å². The minimum absolute atomic E-state index is 0.0520. The average molecular weight is 287 g/mol. The molecule has 0 saturated heterocycles. The van der Waals surface area contributed by atoms with Gasteiger partial charge in [0.25, 0.3) is 0 Å². The average Bonchev–Trinajstić information content (AvgIpc) is 2.95. The molecule has 1 aliphatic heterocycles. The number of ether oxygens (including phenoxy) is 1. The van der Waals surface area contributed by atoms with Crippen molar-refractivity contribution < 1.29 is 14.6 Å². The molecule has 21 heavy (non-hydrogen) atoms. The van der Waals surface area contributed by atoms with Crippen molar-refractivity contribution in [1.82, 2.24) is 20.2 Å². The lowest BCUT2D eigenvalue weighted by molar-refractivity contribution is -0.132. The molecule has 1 aromatic carbocycles. The molecule has 0 spiro atoms. The van der Waals surface area contributed by atoms with E-state index in [1.807, 2.05) is 31.2 Å². The topological polar surface area (TPSA) is 102 Å². The number of hydrogen-bond donors (Lipinski definition) is 2. The number of carboxylic acids is 1. The van der Waals surface area contributed by atoms with Crippen LogP contribution in [0.3, 0.4) is 0 Å². The van der Waals surface area contributed by atoms with Gasteiger partial charge in [0.2, 0.25) is 5.95 Å². The number of nitrogens with zero attached hydrogens (tertiary/aromatic N) is 4. The summed E-state index contributed by atoms with van der Waals surface area (Å²) >= 11 is 0. The van der Waals surface area contributed by atoms with Gasteiger partial charge >= 0.3 is 5.97 Å². The van der Waals surface area contributed by atoms with Crippen LogP contribution in [0, 0.1) is 0 Å². The first-order valence-corrected chi connectivity index (χ1v) is 6.42. The van der Waals surface area contributed by atoms with Crippen molar-refractivity contribution in [1.29, 1.82) is 0 Å². The fourth-order valence-corrected chi connectivity index (χ4v) is 2.14. The summed E-state index contributed by atoms with van der Waals surface area (Å²) in [6, 6.07) is 7.02. The number of rotatable bonds is 4. The number of carbonyl (C=O) groups is 1. The fraction of sp³-hybridized carbons (Fsp3) is 0.231. The van der Waals surface area contributed by atoms with Crippen molar-refractivity contribution >= 4 is 11.9 Å². The fourth-order valence-electron chi connectivity index (χ4n) is 2.14. The van der Waals surface area contributed by atoms with Crippen molar-refractivity contribution in [3.8, 4) is 5.75 Å². The van der Waals surface area contributed by atoms with E-state index in [0.717, 1.165) is 11.3 Å². The molecule has 108 valence electrons. The highest BCUT2D eigenvalue weighted by atomic mass is 16.5. The molecule has 0 radical (unpaired) electrons. The smallest absolute Gasteiger partial charge is 0.352 e. The predicted molar refractivity (Wildman–Crippen MR) is 72.9 cm³/mol. The Morgan fingerprint density at radius 2 is 2.19 bits per heavy atom. The van der Waals surface area contributed by atoms with Crippen LogP contribution in [0.2, 0.25) is 0 Å². The maximum absolute atomic E-state index is 11.2. The van der Waals surface area contributed by atoms with Gasteiger partial charge in [-0.05, 0) is 41.1 Å². The first kappa shape index (κ1) is 13.1. The molecule has 2 N–H and O–H groups in total. The largest absolute Gasteiger partial charge is 0.494 e. The number of fused-ring (bicyclic) bond motifs is 1. The standard InChI is InChI=1S/C13H13N5O3/c1-2-21-9-5-3-8(4-6-9)11-7-10(12(19)20)14-13-15-16-17-18(11)13/h3-7,11H,2H2,1H3,(H,19,20)(H,14,15,17)/t11-/m1/s1. The predicted octanol–water partition coefficient (Wildman–Crippen LogP) is 1.06. The van der Waals surface area contributed by atoms with Gasteiger partial charge < -0.3 is 15.2 Å². The number of aromatic nitrogens is 4. The number of carboxylic acid groups (broad SMARTS) is 1. The molecule has 0 bridgehead atoms. The van der Waals surface area contributed by atoms with Crippen molar-refractivity contribution in [2.75, 3.05) is 11.9 Å². The number of aliphatic carboxylic acids is 1. The number of anilines is 1. The van der Waals surface area contributed by atoms with Crippen LogP contribution in [0.25, 0.3) is 0 Å². The zero-order chi connectivity index (χ0) is 14.8. The first-order chi connectivity index (χ1) is 10.2. The third-order valence-electron chi connectivity index (χ3n) is 3.09. The van der Waals surface area contributed by atoms with Crippen LogP contribution in [-0.2, 0) is 4.79 Å². The molecule has 0 saturated carbocycles. The van der Waals surface area contributed by atoms with Crippen LogP contribution < -0.4 is 10.1 Å². The maximum Gasteiger partial charge on any atom is 0.352 e. The molecule has 8 nitrogen and oxygen atoms in total. The molecule has 0 fully saturated rings. The van der Waals surface area contributed by atoms with Gasteiger partial charge in [0, 0.05) is 0 Å². The summed E-state index contributed by atoms with van der Waals surface area (Å²) in [7, 11) is 0. The van der Waals surface area contributed by atoms with Crippen LogP contribution in [0.4, 0.5) is 5.95 Å². The highest BCUT2D eigenvalue weighted by Gasteiger charge is 2.26. The molecule has 0 amide bonds. The van der Waals surface area contributed by atoms with Crippen molar-refractivity contribution in [3.05, 3.63) is 41.6 Å². The van der Waals surface area contributed by atoms with E-state index in [2.05, 4.69) is 20.8 Å². The number of hydrogen-bond acceptors (Lipinski definition) is 6.